The molecule has 2 aromatic carbocycles. The summed E-state index contributed by atoms with van der Waals surface area (Å²) in [5.74, 6) is -2.70. The maximum Gasteiger partial charge on any atom is 0.196 e. The quantitative estimate of drug-likeness (QED) is 0.750. The Balaban J connectivity index is 2.56. The zero-order valence-electron chi connectivity index (χ0n) is 10.4. The number of halogens is 3. The van der Waals surface area contributed by atoms with Gasteiger partial charge in [0.15, 0.2) is 5.78 Å². The molecule has 0 amide bonds. The molecule has 2 rings (SSSR count). The van der Waals surface area contributed by atoms with Crippen LogP contribution in [-0.4, -0.2) is 5.78 Å². The predicted molar refractivity (Wildman–Crippen MR) is 65.7 cm³/mol. The Bertz CT molecular complexity index is 639. The van der Waals surface area contributed by atoms with Gasteiger partial charge in [0.05, 0.1) is 5.56 Å². The summed E-state index contributed by atoms with van der Waals surface area (Å²) in [5, 5.41) is 0. The Morgan fingerprint density at radius 3 is 2.00 bits per heavy atom. The molecule has 19 heavy (non-hydrogen) atoms. The van der Waals surface area contributed by atoms with Gasteiger partial charge in [0.2, 0.25) is 0 Å². The van der Waals surface area contributed by atoms with Crippen LogP contribution in [0.5, 0.6) is 0 Å². The molecule has 0 fully saturated rings. The third-order valence-electron chi connectivity index (χ3n) is 2.90. The molecule has 0 saturated heterocycles. The highest BCUT2D eigenvalue weighted by atomic mass is 19.1. The van der Waals surface area contributed by atoms with Crippen LogP contribution in [0.3, 0.4) is 0 Å². The van der Waals surface area contributed by atoms with Gasteiger partial charge in [-0.05, 0) is 49.2 Å². The van der Waals surface area contributed by atoms with Crippen molar-refractivity contribution in [3.63, 3.8) is 0 Å². The number of hydrogen-bond acceptors (Lipinski definition) is 1. The number of carbonyl (C=O) groups excluding carboxylic acids is 1. The maximum absolute atomic E-state index is 13.6. The first kappa shape index (κ1) is 13.3. The van der Waals surface area contributed by atoms with E-state index in [1.54, 1.807) is 13.8 Å². The molecule has 0 aromatic heterocycles. The SMILES string of the molecule is Cc1cc(F)cc(C)c1C(=O)c1ccc(F)cc1F. The van der Waals surface area contributed by atoms with Gasteiger partial charge in [0.25, 0.3) is 0 Å². The van der Waals surface area contributed by atoms with Crippen molar-refractivity contribution in [3.05, 3.63) is 70.0 Å². The van der Waals surface area contributed by atoms with E-state index in [0.717, 1.165) is 12.1 Å². The molecule has 0 spiro atoms. The van der Waals surface area contributed by atoms with Gasteiger partial charge in [-0.15, -0.1) is 0 Å². The lowest BCUT2D eigenvalue weighted by molar-refractivity contribution is 0.103. The largest absolute Gasteiger partial charge is 0.288 e. The molecule has 0 radical (unpaired) electrons. The van der Waals surface area contributed by atoms with Crippen molar-refractivity contribution in [1.82, 2.24) is 0 Å². The number of carbonyl (C=O) groups is 1. The predicted octanol–water partition coefficient (Wildman–Crippen LogP) is 3.95. The van der Waals surface area contributed by atoms with E-state index in [9.17, 15) is 18.0 Å². The van der Waals surface area contributed by atoms with Crippen LogP contribution in [0.1, 0.15) is 27.0 Å². The van der Waals surface area contributed by atoms with Gasteiger partial charge in [-0.2, -0.15) is 0 Å². The lowest BCUT2D eigenvalue weighted by atomic mass is 9.94. The highest BCUT2D eigenvalue weighted by Crippen LogP contribution is 2.21. The summed E-state index contributed by atoms with van der Waals surface area (Å²) in [4.78, 5) is 12.2. The molecule has 0 unspecified atom stereocenters. The van der Waals surface area contributed by atoms with Crippen LogP contribution in [0.4, 0.5) is 13.2 Å². The molecule has 0 atom stereocenters. The normalized spacial score (nSPS) is 10.6. The fraction of sp³-hybridized carbons (Fsp3) is 0.133. The number of benzene rings is 2. The summed E-state index contributed by atoms with van der Waals surface area (Å²) in [7, 11) is 0. The summed E-state index contributed by atoms with van der Waals surface area (Å²) in [6, 6.07) is 5.19. The molecule has 98 valence electrons. The molecular weight excluding hydrogens is 253 g/mol. The number of rotatable bonds is 2. The van der Waals surface area contributed by atoms with Crippen LogP contribution >= 0.6 is 0 Å². The summed E-state index contributed by atoms with van der Waals surface area (Å²) in [6.07, 6.45) is 0. The van der Waals surface area contributed by atoms with E-state index in [4.69, 9.17) is 0 Å². The van der Waals surface area contributed by atoms with E-state index in [-0.39, 0.29) is 11.1 Å². The first-order chi connectivity index (χ1) is 8.90. The Labute approximate surface area is 108 Å². The van der Waals surface area contributed by atoms with Crippen molar-refractivity contribution >= 4 is 5.78 Å². The molecule has 0 aliphatic carbocycles. The Morgan fingerprint density at radius 2 is 1.47 bits per heavy atom. The third kappa shape index (κ3) is 2.52. The second kappa shape index (κ2) is 4.88. The summed E-state index contributed by atoms with van der Waals surface area (Å²) >= 11 is 0. The molecule has 0 bridgehead atoms. The van der Waals surface area contributed by atoms with Crippen LogP contribution < -0.4 is 0 Å². The van der Waals surface area contributed by atoms with E-state index >= 15 is 0 Å². The van der Waals surface area contributed by atoms with Gasteiger partial charge in [-0.3, -0.25) is 4.79 Å². The average molecular weight is 264 g/mol. The molecule has 0 aliphatic heterocycles. The Morgan fingerprint density at radius 1 is 0.895 bits per heavy atom. The van der Waals surface area contributed by atoms with Crippen molar-refractivity contribution in [2.75, 3.05) is 0 Å². The maximum atomic E-state index is 13.6. The second-order valence-electron chi connectivity index (χ2n) is 4.37. The summed E-state index contributed by atoms with van der Waals surface area (Å²) in [5.41, 5.74) is 0.864. The highest BCUT2D eigenvalue weighted by Gasteiger charge is 2.19. The highest BCUT2D eigenvalue weighted by molar-refractivity contribution is 6.10. The molecule has 4 heteroatoms. The lowest BCUT2D eigenvalue weighted by Crippen LogP contribution is -2.09. The van der Waals surface area contributed by atoms with Crippen LogP contribution in [-0.2, 0) is 0 Å². The number of aryl methyl sites for hydroxylation is 2. The first-order valence-corrected chi connectivity index (χ1v) is 5.66. The van der Waals surface area contributed by atoms with Gasteiger partial charge in [-0.25, -0.2) is 13.2 Å². The smallest absolute Gasteiger partial charge is 0.196 e. The van der Waals surface area contributed by atoms with Gasteiger partial charge >= 0.3 is 0 Å². The van der Waals surface area contributed by atoms with Crippen LogP contribution in [0.15, 0.2) is 30.3 Å². The minimum Gasteiger partial charge on any atom is -0.288 e. The van der Waals surface area contributed by atoms with E-state index in [2.05, 4.69) is 0 Å². The van der Waals surface area contributed by atoms with Crippen molar-refractivity contribution in [3.8, 4) is 0 Å². The molecule has 2 aromatic rings. The van der Waals surface area contributed by atoms with E-state index < -0.39 is 23.2 Å². The fourth-order valence-corrected chi connectivity index (χ4v) is 2.08. The van der Waals surface area contributed by atoms with Crippen LogP contribution in [0, 0.1) is 31.3 Å². The second-order valence-corrected chi connectivity index (χ2v) is 4.37. The fourth-order valence-electron chi connectivity index (χ4n) is 2.08. The van der Waals surface area contributed by atoms with Crippen molar-refractivity contribution < 1.29 is 18.0 Å². The van der Waals surface area contributed by atoms with E-state index in [1.807, 2.05) is 0 Å². The van der Waals surface area contributed by atoms with Crippen molar-refractivity contribution in [2.45, 2.75) is 13.8 Å². The lowest BCUT2D eigenvalue weighted by Gasteiger charge is -2.10. The molecule has 0 saturated carbocycles. The molecule has 0 aliphatic rings. The average Bonchev–Trinajstić information content (AvgIpc) is 2.26. The summed E-state index contributed by atoms with van der Waals surface area (Å²) < 4.78 is 39.6. The van der Waals surface area contributed by atoms with Crippen LogP contribution in [0.25, 0.3) is 0 Å². The Hall–Kier alpha value is -2.10. The molecule has 0 N–H and O–H groups in total. The van der Waals surface area contributed by atoms with Gasteiger partial charge in [0.1, 0.15) is 17.5 Å². The minimum atomic E-state index is -0.923. The van der Waals surface area contributed by atoms with E-state index in [0.29, 0.717) is 17.2 Å². The van der Waals surface area contributed by atoms with Gasteiger partial charge in [0, 0.05) is 11.6 Å². The number of hydrogen-bond donors (Lipinski definition) is 0. The first-order valence-electron chi connectivity index (χ1n) is 5.66. The zero-order chi connectivity index (χ0) is 14.2. The number of ketones is 1. The molecule has 0 heterocycles. The Kier molecular flexibility index (Phi) is 3.42. The van der Waals surface area contributed by atoms with Crippen molar-refractivity contribution in [1.29, 1.82) is 0 Å². The third-order valence-corrected chi connectivity index (χ3v) is 2.90. The van der Waals surface area contributed by atoms with Crippen LogP contribution in [0.2, 0.25) is 0 Å². The zero-order valence-corrected chi connectivity index (χ0v) is 10.4. The van der Waals surface area contributed by atoms with Crippen molar-refractivity contribution in [2.24, 2.45) is 0 Å². The van der Waals surface area contributed by atoms with E-state index in [1.165, 1.54) is 12.1 Å². The minimum absolute atomic E-state index is 0.223. The molecular formula is C15H11F3O. The van der Waals surface area contributed by atoms with Gasteiger partial charge < -0.3 is 0 Å². The monoisotopic (exact) mass is 264 g/mol. The van der Waals surface area contributed by atoms with Gasteiger partial charge in [-0.1, -0.05) is 0 Å². The topological polar surface area (TPSA) is 17.1 Å². The molecule has 1 nitrogen and oxygen atoms in total. The summed E-state index contributed by atoms with van der Waals surface area (Å²) in [6.45, 7) is 3.15. The standard InChI is InChI=1S/C15H11F3O/c1-8-5-11(17)6-9(2)14(8)15(19)12-4-3-10(16)7-13(12)18/h3-7H,1-2H3.